The molecule has 0 N–H and O–H groups in total. The highest BCUT2D eigenvalue weighted by Gasteiger charge is 2.20. The molecule has 0 aliphatic heterocycles. The van der Waals surface area contributed by atoms with E-state index < -0.39 is 22.8 Å². The summed E-state index contributed by atoms with van der Waals surface area (Å²) in [5, 5.41) is -0.872. The van der Waals surface area contributed by atoms with Gasteiger partial charge in [0.15, 0.2) is 11.6 Å². The summed E-state index contributed by atoms with van der Waals surface area (Å²) in [6.07, 6.45) is 0. The maximum atomic E-state index is 13.7. The fourth-order valence-electron chi connectivity index (χ4n) is 1.82. The zero-order chi connectivity index (χ0) is 14.2. The molecule has 0 spiro atoms. The van der Waals surface area contributed by atoms with Gasteiger partial charge in [-0.25, -0.2) is 13.2 Å². The SMILES string of the molecule is Cc1cc(Br)ccc1C(Cl)c1cc(F)c(F)cc1F. The van der Waals surface area contributed by atoms with Gasteiger partial charge in [0.05, 0.1) is 5.38 Å². The van der Waals surface area contributed by atoms with Crippen LogP contribution in [0, 0.1) is 24.4 Å². The Hall–Kier alpha value is -1.00. The van der Waals surface area contributed by atoms with E-state index in [4.69, 9.17) is 11.6 Å². The Morgan fingerprint density at radius 2 is 1.58 bits per heavy atom. The van der Waals surface area contributed by atoms with Crippen molar-refractivity contribution >= 4 is 27.5 Å². The molecule has 0 aliphatic rings. The molecule has 0 saturated carbocycles. The maximum absolute atomic E-state index is 13.7. The first kappa shape index (κ1) is 14.4. The van der Waals surface area contributed by atoms with Crippen LogP contribution in [0.5, 0.6) is 0 Å². The van der Waals surface area contributed by atoms with Crippen molar-refractivity contribution in [3.05, 3.63) is 68.9 Å². The summed E-state index contributed by atoms with van der Waals surface area (Å²) in [6, 6.07) is 6.60. The zero-order valence-electron chi connectivity index (χ0n) is 9.85. The highest BCUT2D eigenvalue weighted by atomic mass is 79.9. The van der Waals surface area contributed by atoms with Gasteiger partial charge in [-0.1, -0.05) is 22.0 Å². The molecule has 19 heavy (non-hydrogen) atoms. The van der Waals surface area contributed by atoms with Gasteiger partial charge in [0.2, 0.25) is 0 Å². The Bertz CT molecular complexity index is 628. The summed E-state index contributed by atoms with van der Waals surface area (Å²) in [7, 11) is 0. The molecule has 0 bridgehead atoms. The van der Waals surface area contributed by atoms with E-state index >= 15 is 0 Å². The van der Waals surface area contributed by atoms with Gasteiger partial charge in [-0.2, -0.15) is 0 Å². The summed E-state index contributed by atoms with van der Waals surface area (Å²) in [6.45, 7) is 1.81. The molecule has 2 rings (SSSR count). The van der Waals surface area contributed by atoms with Gasteiger partial charge in [0.1, 0.15) is 5.82 Å². The second-order valence-corrected chi connectivity index (χ2v) is 5.50. The summed E-state index contributed by atoms with van der Waals surface area (Å²) in [5.74, 6) is -3.20. The first-order chi connectivity index (χ1) is 8.90. The van der Waals surface area contributed by atoms with Crippen LogP contribution in [-0.2, 0) is 0 Å². The summed E-state index contributed by atoms with van der Waals surface area (Å²) >= 11 is 9.48. The molecule has 0 aliphatic carbocycles. The topological polar surface area (TPSA) is 0 Å². The predicted molar refractivity (Wildman–Crippen MR) is 72.9 cm³/mol. The molecule has 0 saturated heterocycles. The lowest BCUT2D eigenvalue weighted by Crippen LogP contribution is -2.02. The molecule has 0 nitrogen and oxygen atoms in total. The van der Waals surface area contributed by atoms with E-state index in [1.54, 1.807) is 12.1 Å². The van der Waals surface area contributed by atoms with Crippen molar-refractivity contribution in [2.45, 2.75) is 12.3 Å². The van der Waals surface area contributed by atoms with E-state index in [1.807, 2.05) is 13.0 Å². The average molecular weight is 350 g/mol. The molecule has 0 heterocycles. The van der Waals surface area contributed by atoms with E-state index in [0.717, 1.165) is 16.1 Å². The number of benzene rings is 2. The summed E-state index contributed by atoms with van der Waals surface area (Å²) in [5.41, 5.74) is 1.40. The molecule has 5 heteroatoms. The Kier molecular flexibility index (Phi) is 4.21. The second-order valence-electron chi connectivity index (χ2n) is 4.15. The number of halogens is 5. The third-order valence-corrected chi connectivity index (χ3v) is 3.78. The molecule has 2 aromatic rings. The van der Waals surface area contributed by atoms with Gasteiger partial charge in [-0.15, -0.1) is 11.6 Å². The molecule has 1 atom stereocenters. The van der Waals surface area contributed by atoms with Gasteiger partial charge in [0, 0.05) is 16.1 Å². The molecule has 0 amide bonds. The monoisotopic (exact) mass is 348 g/mol. The van der Waals surface area contributed by atoms with E-state index in [1.165, 1.54) is 0 Å². The smallest absolute Gasteiger partial charge is 0.161 e. The Morgan fingerprint density at radius 1 is 0.947 bits per heavy atom. The number of rotatable bonds is 2. The molecule has 2 aromatic carbocycles. The van der Waals surface area contributed by atoms with Crippen molar-refractivity contribution in [1.29, 1.82) is 0 Å². The van der Waals surface area contributed by atoms with Gasteiger partial charge in [0.25, 0.3) is 0 Å². The Balaban J connectivity index is 2.49. The normalized spacial score (nSPS) is 12.5. The fourth-order valence-corrected chi connectivity index (χ4v) is 2.71. The van der Waals surface area contributed by atoms with E-state index in [-0.39, 0.29) is 5.56 Å². The lowest BCUT2D eigenvalue weighted by atomic mass is 9.99. The lowest BCUT2D eigenvalue weighted by molar-refractivity contribution is 0.490. The third kappa shape index (κ3) is 2.95. The Morgan fingerprint density at radius 3 is 2.21 bits per heavy atom. The van der Waals surface area contributed by atoms with Crippen LogP contribution >= 0.6 is 27.5 Å². The van der Waals surface area contributed by atoms with Gasteiger partial charge in [-0.3, -0.25) is 0 Å². The molecule has 100 valence electrons. The van der Waals surface area contributed by atoms with Crippen LogP contribution in [0.1, 0.15) is 22.1 Å². The van der Waals surface area contributed by atoms with Crippen molar-refractivity contribution in [2.24, 2.45) is 0 Å². The highest BCUT2D eigenvalue weighted by molar-refractivity contribution is 9.10. The van der Waals surface area contributed by atoms with Crippen LogP contribution in [0.4, 0.5) is 13.2 Å². The largest absolute Gasteiger partial charge is 0.207 e. The number of hydrogen-bond donors (Lipinski definition) is 0. The maximum Gasteiger partial charge on any atom is 0.161 e. The van der Waals surface area contributed by atoms with Gasteiger partial charge >= 0.3 is 0 Å². The fraction of sp³-hybridized carbons (Fsp3) is 0.143. The standard InChI is InChI=1S/C14H9BrClF3/c1-7-4-8(15)2-3-9(7)14(16)10-5-12(18)13(19)6-11(10)17/h2-6,14H,1H3. The average Bonchev–Trinajstić information content (AvgIpc) is 2.33. The summed E-state index contributed by atoms with van der Waals surface area (Å²) in [4.78, 5) is 0. The highest BCUT2D eigenvalue weighted by Crippen LogP contribution is 2.34. The van der Waals surface area contributed by atoms with Crippen LogP contribution in [-0.4, -0.2) is 0 Å². The first-order valence-corrected chi connectivity index (χ1v) is 6.67. The van der Waals surface area contributed by atoms with Gasteiger partial charge < -0.3 is 0 Å². The molecule has 1 unspecified atom stereocenters. The van der Waals surface area contributed by atoms with Crippen molar-refractivity contribution in [1.82, 2.24) is 0 Å². The minimum atomic E-state index is -1.22. The molecule has 0 fully saturated rings. The molecular weight excluding hydrogens is 341 g/mol. The number of hydrogen-bond acceptors (Lipinski definition) is 0. The van der Waals surface area contributed by atoms with Crippen LogP contribution in [0.15, 0.2) is 34.8 Å². The molecule has 0 aromatic heterocycles. The first-order valence-electron chi connectivity index (χ1n) is 5.44. The van der Waals surface area contributed by atoms with Crippen molar-refractivity contribution in [2.75, 3.05) is 0 Å². The van der Waals surface area contributed by atoms with Crippen LogP contribution in [0.3, 0.4) is 0 Å². The number of alkyl halides is 1. The quantitative estimate of drug-likeness (QED) is 0.496. The van der Waals surface area contributed by atoms with Crippen LogP contribution < -0.4 is 0 Å². The Labute approximate surface area is 122 Å². The zero-order valence-corrected chi connectivity index (χ0v) is 12.2. The predicted octanol–water partition coefficient (Wildman–Crippen LogP) is 5.50. The second kappa shape index (κ2) is 5.55. The van der Waals surface area contributed by atoms with Crippen LogP contribution in [0.25, 0.3) is 0 Å². The number of aryl methyl sites for hydroxylation is 1. The van der Waals surface area contributed by atoms with E-state index in [9.17, 15) is 13.2 Å². The van der Waals surface area contributed by atoms with Gasteiger partial charge in [-0.05, 0) is 36.2 Å². The summed E-state index contributed by atoms with van der Waals surface area (Å²) < 4.78 is 40.6. The molecule has 0 radical (unpaired) electrons. The van der Waals surface area contributed by atoms with Crippen molar-refractivity contribution in [3.8, 4) is 0 Å². The minimum Gasteiger partial charge on any atom is -0.207 e. The van der Waals surface area contributed by atoms with Crippen molar-refractivity contribution < 1.29 is 13.2 Å². The van der Waals surface area contributed by atoms with E-state index in [0.29, 0.717) is 11.6 Å². The molecular formula is C14H9BrClF3. The van der Waals surface area contributed by atoms with E-state index in [2.05, 4.69) is 15.9 Å². The third-order valence-electron chi connectivity index (χ3n) is 2.82. The minimum absolute atomic E-state index is 0.0778. The van der Waals surface area contributed by atoms with Crippen molar-refractivity contribution in [3.63, 3.8) is 0 Å². The van der Waals surface area contributed by atoms with Crippen LogP contribution in [0.2, 0.25) is 0 Å². The lowest BCUT2D eigenvalue weighted by Gasteiger charge is -2.14.